The molecule has 3 aromatic carbocycles. The summed E-state index contributed by atoms with van der Waals surface area (Å²) in [7, 11) is 0. The molecule has 1 N–H and O–H groups in total. The lowest BCUT2D eigenvalue weighted by Crippen LogP contribution is -2.26. The number of nitrogens with zero attached hydrogens (tertiary/aromatic N) is 2. The first kappa shape index (κ1) is 21.6. The highest BCUT2D eigenvalue weighted by Crippen LogP contribution is 2.17. The molecule has 0 aliphatic rings. The fourth-order valence-electron chi connectivity index (χ4n) is 3.74. The zero-order chi connectivity index (χ0) is 22.3. The van der Waals surface area contributed by atoms with Gasteiger partial charge in [0.25, 0.3) is 5.91 Å². The normalized spacial score (nSPS) is 10.9. The molecule has 1 heterocycles. The summed E-state index contributed by atoms with van der Waals surface area (Å²) in [6.07, 6.45) is 1.67. The van der Waals surface area contributed by atoms with Crippen molar-refractivity contribution in [3.8, 4) is 5.75 Å². The molecule has 32 heavy (non-hydrogen) atoms. The number of carbonyl (C=O) groups excluding carboxylic acids is 1. The lowest BCUT2D eigenvalue weighted by atomic mass is 10.1. The molecule has 0 aliphatic carbocycles. The number of rotatable bonds is 9. The molecule has 5 nitrogen and oxygen atoms in total. The van der Waals surface area contributed by atoms with Gasteiger partial charge in [-0.3, -0.25) is 4.79 Å². The Morgan fingerprint density at radius 1 is 1.00 bits per heavy atom. The molecule has 5 heteroatoms. The highest BCUT2D eigenvalue weighted by molar-refractivity contribution is 5.94. The van der Waals surface area contributed by atoms with Crippen molar-refractivity contribution in [3.05, 3.63) is 95.3 Å². The number of ether oxygens (including phenoxy) is 1. The van der Waals surface area contributed by atoms with Crippen LogP contribution >= 0.6 is 0 Å². The van der Waals surface area contributed by atoms with E-state index in [1.54, 1.807) is 0 Å². The predicted molar refractivity (Wildman–Crippen MR) is 128 cm³/mol. The van der Waals surface area contributed by atoms with E-state index in [4.69, 9.17) is 9.72 Å². The van der Waals surface area contributed by atoms with E-state index in [0.29, 0.717) is 31.7 Å². The Morgan fingerprint density at radius 2 is 1.75 bits per heavy atom. The lowest BCUT2D eigenvalue weighted by Gasteiger charge is -2.12. The summed E-state index contributed by atoms with van der Waals surface area (Å²) in [6, 6.07) is 24.0. The van der Waals surface area contributed by atoms with Gasteiger partial charge in [0.2, 0.25) is 0 Å². The SMILES string of the molecule is CCc1ccc(OCCn2c(CCNC(=O)c3ccc(C)cc3)nc3ccccc32)cc1. The van der Waals surface area contributed by atoms with Crippen LogP contribution in [0.4, 0.5) is 0 Å². The molecule has 1 aromatic heterocycles. The van der Waals surface area contributed by atoms with E-state index < -0.39 is 0 Å². The molecule has 0 radical (unpaired) electrons. The highest BCUT2D eigenvalue weighted by atomic mass is 16.5. The van der Waals surface area contributed by atoms with Crippen molar-refractivity contribution in [2.45, 2.75) is 33.2 Å². The largest absolute Gasteiger partial charge is 0.492 e. The number of fused-ring (bicyclic) bond motifs is 1. The van der Waals surface area contributed by atoms with Crippen LogP contribution in [0.15, 0.2) is 72.8 Å². The van der Waals surface area contributed by atoms with E-state index >= 15 is 0 Å². The molecule has 0 aliphatic heterocycles. The second-order valence-corrected chi connectivity index (χ2v) is 7.89. The van der Waals surface area contributed by atoms with Crippen LogP contribution in [-0.4, -0.2) is 28.6 Å². The molecular weight excluding hydrogens is 398 g/mol. The van der Waals surface area contributed by atoms with Gasteiger partial charge in [-0.25, -0.2) is 4.98 Å². The zero-order valence-electron chi connectivity index (χ0n) is 18.7. The molecule has 0 fully saturated rings. The van der Waals surface area contributed by atoms with Crippen LogP contribution in [-0.2, 0) is 19.4 Å². The first-order valence-corrected chi connectivity index (χ1v) is 11.1. The van der Waals surface area contributed by atoms with Gasteiger partial charge in [0.1, 0.15) is 18.2 Å². The van der Waals surface area contributed by atoms with Gasteiger partial charge in [0.15, 0.2) is 0 Å². The number of imidazole rings is 1. The van der Waals surface area contributed by atoms with E-state index in [0.717, 1.165) is 34.6 Å². The first-order valence-electron chi connectivity index (χ1n) is 11.1. The van der Waals surface area contributed by atoms with Crippen molar-refractivity contribution in [1.82, 2.24) is 14.9 Å². The van der Waals surface area contributed by atoms with Gasteiger partial charge >= 0.3 is 0 Å². The predicted octanol–water partition coefficient (Wildman–Crippen LogP) is 4.96. The van der Waals surface area contributed by atoms with Crippen LogP contribution in [0.2, 0.25) is 0 Å². The van der Waals surface area contributed by atoms with Crippen molar-refractivity contribution in [3.63, 3.8) is 0 Å². The third-order valence-corrected chi connectivity index (χ3v) is 5.60. The molecule has 164 valence electrons. The number of carbonyl (C=O) groups is 1. The third-order valence-electron chi connectivity index (χ3n) is 5.60. The minimum atomic E-state index is -0.0634. The van der Waals surface area contributed by atoms with Crippen molar-refractivity contribution < 1.29 is 9.53 Å². The number of hydrogen-bond donors (Lipinski definition) is 1. The summed E-state index contributed by atoms with van der Waals surface area (Å²) in [5.74, 6) is 1.75. The lowest BCUT2D eigenvalue weighted by molar-refractivity contribution is 0.0954. The summed E-state index contributed by atoms with van der Waals surface area (Å²) >= 11 is 0. The van der Waals surface area contributed by atoms with Gasteiger partial charge in [0.05, 0.1) is 17.6 Å². The quantitative estimate of drug-likeness (QED) is 0.411. The van der Waals surface area contributed by atoms with Crippen molar-refractivity contribution in [2.75, 3.05) is 13.2 Å². The molecular formula is C27H29N3O2. The number of benzene rings is 3. The average molecular weight is 428 g/mol. The monoisotopic (exact) mass is 427 g/mol. The Morgan fingerprint density at radius 3 is 2.50 bits per heavy atom. The first-order chi connectivity index (χ1) is 15.6. The molecule has 0 saturated carbocycles. The average Bonchev–Trinajstić information content (AvgIpc) is 3.17. The van der Waals surface area contributed by atoms with Crippen molar-refractivity contribution in [2.24, 2.45) is 0 Å². The van der Waals surface area contributed by atoms with Crippen LogP contribution in [0.3, 0.4) is 0 Å². The Bertz CT molecular complexity index is 1180. The summed E-state index contributed by atoms with van der Waals surface area (Å²) < 4.78 is 8.16. The van der Waals surface area contributed by atoms with Gasteiger partial charge < -0.3 is 14.6 Å². The minimum Gasteiger partial charge on any atom is -0.492 e. The number of hydrogen-bond acceptors (Lipinski definition) is 3. The fraction of sp³-hybridized carbons (Fsp3) is 0.259. The van der Waals surface area contributed by atoms with Gasteiger partial charge in [-0.15, -0.1) is 0 Å². The number of aromatic nitrogens is 2. The minimum absolute atomic E-state index is 0.0634. The van der Waals surface area contributed by atoms with Crippen LogP contribution in [0.25, 0.3) is 11.0 Å². The second-order valence-electron chi connectivity index (χ2n) is 7.89. The van der Waals surface area contributed by atoms with Crippen LogP contribution in [0.5, 0.6) is 5.75 Å². The highest BCUT2D eigenvalue weighted by Gasteiger charge is 2.12. The molecule has 0 bridgehead atoms. The number of para-hydroxylation sites is 2. The standard InChI is InChI=1S/C27H29N3O2/c1-3-21-10-14-23(15-11-21)32-19-18-30-25-7-5-4-6-24(25)29-26(30)16-17-28-27(31)22-12-8-20(2)9-13-22/h4-15H,3,16-19H2,1-2H3,(H,28,31). The van der Waals surface area contributed by atoms with E-state index in [9.17, 15) is 4.79 Å². The smallest absolute Gasteiger partial charge is 0.251 e. The van der Waals surface area contributed by atoms with Crippen LogP contribution < -0.4 is 10.1 Å². The van der Waals surface area contributed by atoms with Crippen molar-refractivity contribution in [1.29, 1.82) is 0 Å². The van der Waals surface area contributed by atoms with Gasteiger partial charge in [-0.05, 0) is 55.3 Å². The maximum atomic E-state index is 12.4. The fourth-order valence-corrected chi connectivity index (χ4v) is 3.74. The zero-order valence-corrected chi connectivity index (χ0v) is 18.7. The number of amides is 1. The van der Waals surface area contributed by atoms with Gasteiger partial charge in [-0.2, -0.15) is 0 Å². The maximum Gasteiger partial charge on any atom is 0.251 e. The van der Waals surface area contributed by atoms with Gasteiger partial charge in [0, 0.05) is 18.5 Å². The molecule has 0 atom stereocenters. The van der Waals surface area contributed by atoms with Gasteiger partial charge in [-0.1, -0.05) is 48.9 Å². The summed E-state index contributed by atoms with van der Waals surface area (Å²) in [4.78, 5) is 17.2. The molecule has 0 spiro atoms. The molecule has 4 aromatic rings. The molecule has 0 saturated heterocycles. The Labute approximate surface area is 189 Å². The topological polar surface area (TPSA) is 56.1 Å². The summed E-state index contributed by atoms with van der Waals surface area (Å²) in [5, 5.41) is 3.01. The Kier molecular flexibility index (Phi) is 6.85. The summed E-state index contributed by atoms with van der Waals surface area (Å²) in [5.41, 5.74) is 5.15. The van der Waals surface area contributed by atoms with Crippen LogP contribution in [0, 0.1) is 6.92 Å². The Balaban J connectivity index is 1.40. The van der Waals surface area contributed by atoms with E-state index in [-0.39, 0.29) is 5.91 Å². The van der Waals surface area contributed by atoms with Crippen LogP contribution in [0.1, 0.15) is 34.2 Å². The van der Waals surface area contributed by atoms with E-state index in [2.05, 4.69) is 35.0 Å². The Hall–Kier alpha value is -3.60. The van der Waals surface area contributed by atoms with E-state index in [1.807, 2.05) is 61.5 Å². The second kappa shape index (κ2) is 10.1. The summed E-state index contributed by atoms with van der Waals surface area (Å²) in [6.45, 7) is 5.92. The number of nitrogens with one attached hydrogen (secondary N) is 1. The van der Waals surface area contributed by atoms with Crippen molar-refractivity contribution >= 4 is 16.9 Å². The molecule has 4 rings (SSSR count). The van der Waals surface area contributed by atoms with E-state index in [1.165, 1.54) is 5.56 Å². The number of aryl methyl sites for hydroxylation is 2. The molecule has 1 amide bonds. The third kappa shape index (κ3) is 5.17. The maximum absolute atomic E-state index is 12.4. The molecule has 0 unspecified atom stereocenters.